The number of dihydropyridines is 1. The molecule has 1 aliphatic heterocycles. The van der Waals surface area contributed by atoms with E-state index in [2.05, 4.69) is 27.3 Å². The van der Waals surface area contributed by atoms with E-state index in [0.29, 0.717) is 27.8 Å². The van der Waals surface area contributed by atoms with E-state index >= 15 is 0 Å². The Balaban J connectivity index is 1.79. The Labute approximate surface area is 144 Å². The number of aryl methyl sites for hydroxylation is 1. The molecule has 3 rings (SSSR count). The van der Waals surface area contributed by atoms with Gasteiger partial charge in [-0.3, -0.25) is 4.68 Å². The van der Waals surface area contributed by atoms with Gasteiger partial charge in [0.25, 0.3) is 0 Å². The van der Waals surface area contributed by atoms with Crippen LogP contribution in [0.25, 0.3) is 10.6 Å². The number of aromatic nitrogens is 3. The van der Waals surface area contributed by atoms with Gasteiger partial charge in [-0.2, -0.15) is 18.3 Å². The first-order valence-electron chi connectivity index (χ1n) is 7.09. The summed E-state index contributed by atoms with van der Waals surface area (Å²) in [5.41, 5.74) is -0.0486. The third kappa shape index (κ3) is 3.58. The summed E-state index contributed by atoms with van der Waals surface area (Å²) in [6.07, 6.45) is -0.207. The summed E-state index contributed by atoms with van der Waals surface area (Å²) in [7, 11) is 1.43. The van der Waals surface area contributed by atoms with E-state index in [1.165, 1.54) is 19.4 Å². The van der Waals surface area contributed by atoms with Crippen LogP contribution in [0.3, 0.4) is 0 Å². The lowest BCUT2D eigenvalue weighted by Gasteiger charge is -2.13. The highest BCUT2D eigenvalue weighted by Crippen LogP contribution is 2.35. The van der Waals surface area contributed by atoms with E-state index < -0.39 is 17.7 Å². The van der Waals surface area contributed by atoms with Crippen molar-refractivity contribution in [1.29, 1.82) is 0 Å². The molecule has 0 spiro atoms. The van der Waals surface area contributed by atoms with Gasteiger partial charge in [-0.15, -0.1) is 0 Å². The van der Waals surface area contributed by atoms with Crippen molar-refractivity contribution in [2.75, 3.05) is 11.9 Å². The molecule has 0 aliphatic carbocycles. The second-order valence-corrected chi connectivity index (χ2v) is 6.22. The van der Waals surface area contributed by atoms with Crippen molar-refractivity contribution in [1.82, 2.24) is 20.1 Å². The van der Waals surface area contributed by atoms with Crippen LogP contribution in [0.1, 0.15) is 5.69 Å². The van der Waals surface area contributed by atoms with Crippen LogP contribution in [0.4, 0.5) is 22.7 Å². The van der Waals surface area contributed by atoms with Gasteiger partial charge in [0.15, 0.2) is 10.8 Å². The average Bonchev–Trinajstić information content (AvgIpc) is 3.13. The molecule has 10 heteroatoms. The Hall–Kier alpha value is -2.62. The number of thiazole rings is 1. The number of nitrogens with one attached hydrogen (secondary N) is 2. The number of halogens is 4. The molecule has 132 valence electrons. The maximum absolute atomic E-state index is 13.7. The van der Waals surface area contributed by atoms with E-state index in [-0.39, 0.29) is 5.69 Å². The maximum atomic E-state index is 13.7. The van der Waals surface area contributed by atoms with Gasteiger partial charge in [-0.25, -0.2) is 9.37 Å². The summed E-state index contributed by atoms with van der Waals surface area (Å²) in [5, 5.41) is 9.47. The molecule has 0 radical (unpaired) electrons. The summed E-state index contributed by atoms with van der Waals surface area (Å²) >= 11 is 1.12. The van der Waals surface area contributed by atoms with Crippen molar-refractivity contribution in [3.63, 3.8) is 0 Å². The molecule has 0 saturated heterocycles. The van der Waals surface area contributed by atoms with Gasteiger partial charge >= 0.3 is 6.18 Å². The largest absolute Gasteiger partial charge is 0.435 e. The molecule has 25 heavy (non-hydrogen) atoms. The number of rotatable bonds is 4. The maximum Gasteiger partial charge on any atom is 0.435 e. The molecule has 0 saturated carbocycles. The molecule has 3 heterocycles. The first-order chi connectivity index (χ1) is 11.8. The van der Waals surface area contributed by atoms with Crippen LogP contribution in [-0.4, -0.2) is 21.3 Å². The topological polar surface area (TPSA) is 54.8 Å². The van der Waals surface area contributed by atoms with E-state index in [1.807, 2.05) is 0 Å². The molecular weight excluding hydrogens is 358 g/mol. The Kier molecular flexibility index (Phi) is 4.38. The van der Waals surface area contributed by atoms with Crippen LogP contribution in [0.15, 0.2) is 48.2 Å². The second kappa shape index (κ2) is 6.36. The number of allylic oxidation sites excluding steroid dienone is 1. The molecule has 0 aromatic carbocycles. The zero-order valence-electron chi connectivity index (χ0n) is 13.0. The zero-order valence-corrected chi connectivity index (χ0v) is 13.8. The molecule has 0 fully saturated rings. The Bertz CT molecular complexity index is 875. The van der Waals surface area contributed by atoms with E-state index in [0.717, 1.165) is 22.1 Å². The molecule has 0 amide bonds. The number of hydrogen-bond acceptors (Lipinski definition) is 5. The summed E-state index contributed by atoms with van der Waals surface area (Å²) < 4.78 is 53.1. The van der Waals surface area contributed by atoms with Crippen molar-refractivity contribution in [2.45, 2.75) is 6.18 Å². The first-order valence-corrected chi connectivity index (χ1v) is 7.90. The fraction of sp³-hybridized carbons (Fsp3) is 0.200. The van der Waals surface area contributed by atoms with Crippen molar-refractivity contribution in [3.8, 4) is 10.6 Å². The minimum Gasteiger partial charge on any atom is -0.385 e. The van der Waals surface area contributed by atoms with Gasteiger partial charge in [0.2, 0.25) is 0 Å². The van der Waals surface area contributed by atoms with E-state index in [9.17, 15) is 17.6 Å². The summed E-state index contributed by atoms with van der Waals surface area (Å²) in [6, 6.07) is 0.962. The number of nitrogens with zero attached hydrogens (tertiary/aromatic N) is 3. The lowest BCUT2D eigenvalue weighted by Crippen LogP contribution is -2.14. The van der Waals surface area contributed by atoms with Crippen LogP contribution < -0.4 is 10.6 Å². The summed E-state index contributed by atoms with van der Waals surface area (Å²) in [5.74, 6) is -0.456. The first kappa shape index (κ1) is 17.2. The fourth-order valence-corrected chi connectivity index (χ4v) is 3.12. The van der Waals surface area contributed by atoms with E-state index in [4.69, 9.17) is 0 Å². The van der Waals surface area contributed by atoms with Gasteiger partial charge in [0.05, 0.1) is 10.6 Å². The Morgan fingerprint density at radius 1 is 1.44 bits per heavy atom. The van der Waals surface area contributed by atoms with Crippen LogP contribution in [0.5, 0.6) is 0 Å². The fourth-order valence-electron chi connectivity index (χ4n) is 2.24. The Morgan fingerprint density at radius 3 is 2.84 bits per heavy atom. The minimum atomic E-state index is -4.51. The smallest absolute Gasteiger partial charge is 0.385 e. The monoisotopic (exact) mass is 371 g/mol. The molecule has 5 nitrogen and oxygen atoms in total. The highest BCUT2D eigenvalue weighted by molar-refractivity contribution is 7.18. The van der Waals surface area contributed by atoms with Crippen molar-refractivity contribution >= 4 is 16.5 Å². The van der Waals surface area contributed by atoms with Crippen LogP contribution in [-0.2, 0) is 13.2 Å². The molecular formula is C15H13F4N5S. The van der Waals surface area contributed by atoms with Gasteiger partial charge in [-0.1, -0.05) is 24.0 Å². The van der Waals surface area contributed by atoms with Crippen LogP contribution in [0, 0.1) is 0 Å². The van der Waals surface area contributed by atoms with Crippen LogP contribution in [0.2, 0.25) is 0 Å². The highest BCUT2D eigenvalue weighted by Gasteiger charge is 2.34. The van der Waals surface area contributed by atoms with Gasteiger partial charge < -0.3 is 10.6 Å². The Morgan fingerprint density at radius 2 is 2.20 bits per heavy atom. The molecule has 1 aliphatic rings. The zero-order chi connectivity index (χ0) is 18.2. The lowest BCUT2D eigenvalue weighted by molar-refractivity contribution is -0.141. The molecule has 2 aromatic rings. The highest BCUT2D eigenvalue weighted by atomic mass is 32.1. The number of hydrogen-bond donors (Lipinski definition) is 2. The number of anilines is 1. The normalized spacial score (nSPS) is 14.6. The summed E-state index contributed by atoms with van der Waals surface area (Å²) in [6.45, 7) is 4.25. The van der Waals surface area contributed by atoms with Crippen molar-refractivity contribution in [3.05, 3.63) is 53.9 Å². The molecule has 0 unspecified atom stereocenters. The SMILES string of the molecule is C=C(Nc1ncc(-c2cc(C(F)(F)F)nn2C)s1)C1=CCNC=C1F. The number of alkyl halides is 3. The minimum absolute atomic E-state index is 0.288. The quantitative estimate of drug-likeness (QED) is 0.802. The van der Waals surface area contributed by atoms with Crippen LogP contribution >= 0.6 is 11.3 Å². The molecule has 0 bridgehead atoms. The lowest BCUT2D eigenvalue weighted by atomic mass is 10.1. The predicted octanol–water partition coefficient (Wildman–Crippen LogP) is 3.83. The molecule has 2 N–H and O–H groups in total. The molecule has 2 aromatic heterocycles. The standard InChI is InChI=1S/C15H13F4N5S/c1-8(9-3-4-20-6-10(9)16)22-14-21-7-12(25-14)11-5-13(15(17,18)19)23-24(11)2/h3,5-7,20H,1,4H2,2H3,(H,21,22). The van der Waals surface area contributed by atoms with Gasteiger partial charge in [0, 0.05) is 37.3 Å². The average molecular weight is 371 g/mol. The third-order valence-electron chi connectivity index (χ3n) is 3.42. The van der Waals surface area contributed by atoms with E-state index in [1.54, 1.807) is 6.08 Å². The third-order valence-corrected chi connectivity index (χ3v) is 4.36. The second-order valence-electron chi connectivity index (χ2n) is 5.19. The molecule has 0 atom stereocenters. The van der Waals surface area contributed by atoms with Crippen molar-refractivity contribution < 1.29 is 17.6 Å². The summed E-state index contributed by atoms with van der Waals surface area (Å²) in [4.78, 5) is 4.60. The van der Waals surface area contributed by atoms with Gasteiger partial charge in [-0.05, 0) is 6.07 Å². The van der Waals surface area contributed by atoms with Crippen molar-refractivity contribution in [2.24, 2.45) is 7.05 Å². The predicted molar refractivity (Wildman–Crippen MR) is 87.4 cm³/mol. The van der Waals surface area contributed by atoms with Gasteiger partial charge in [0.1, 0.15) is 5.83 Å².